The lowest BCUT2D eigenvalue weighted by Crippen LogP contribution is -2.45. The Labute approximate surface area is 117 Å². The summed E-state index contributed by atoms with van der Waals surface area (Å²) in [4.78, 5) is 2.84. The molecule has 6 unspecified atom stereocenters. The van der Waals surface area contributed by atoms with E-state index in [9.17, 15) is 0 Å². The largest absolute Gasteiger partial charge is 0.297 e. The van der Waals surface area contributed by atoms with E-state index in [4.69, 9.17) is 0 Å². The van der Waals surface area contributed by atoms with Gasteiger partial charge in [0.05, 0.1) is 0 Å². The number of piperidine rings is 2. The van der Waals surface area contributed by atoms with Gasteiger partial charge in [0.2, 0.25) is 0 Å². The maximum atomic E-state index is 2.84. The normalized spacial score (nSPS) is 43.7. The van der Waals surface area contributed by atoms with Gasteiger partial charge in [-0.2, -0.15) is 0 Å². The zero-order valence-electron chi connectivity index (χ0n) is 12.4. The summed E-state index contributed by atoms with van der Waals surface area (Å²) in [6, 6.07) is 8.96. The van der Waals surface area contributed by atoms with E-state index >= 15 is 0 Å². The molecule has 3 aliphatic rings. The fourth-order valence-corrected chi connectivity index (χ4v) is 5.10. The minimum Gasteiger partial charge on any atom is -0.297 e. The molecule has 0 aromatic heterocycles. The molecule has 4 bridgehead atoms. The molecule has 1 nitrogen and oxygen atoms in total. The average molecular weight is 255 g/mol. The molecular weight excluding hydrogens is 230 g/mol. The van der Waals surface area contributed by atoms with Gasteiger partial charge < -0.3 is 0 Å². The Balaban J connectivity index is 1.67. The molecule has 3 heterocycles. The van der Waals surface area contributed by atoms with Crippen LogP contribution in [0.3, 0.4) is 0 Å². The Kier molecular flexibility index (Phi) is 2.57. The van der Waals surface area contributed by atoms with Gasteiger partial charge in [-0.1, -0.05) is 25.1 Å². The van der Waals surface area contributed by atoms with E-state index in [0.29, 0.717) is 0 Å². The number of hydrogen-bond acceptors (Lipinski definition) is 1. The van der Waals surface area contributed by atoms with Crippen molar-refractivity contribution in [3.63, 3.8) is 0 Å². The van der Waals surface area contributed by atoms with E-state index in [0.717, 1.165) is 29.8 Å². The van der Waals surface area contributed by atoms with Crippen LogP contribution in [0.15, 0.2) is 18.2 Å². The van der Waals surface area contributed by atoms with Crippen LogP contribution in [0.25, 0.3) is 0 Å². The van der Waals surface area contributed by atoms with Gasteiger partial charge in [-0.25, -0.2) is 0 Å². The summed E-state index contributed by atoms with van der Waals surface area (Å²) in [5, 5.41) is 0. The molecule has 4 rings (SSSR count). The Morgan fingerprint density at radius 3 is 2.68 bits per heavy atom. The van der Waals surface area contributed by atoms with E-state index in [1.54, 1.807) is 5.56 Å². The first-order valence-corrected chi connectivity index (χ1v) is 7.98. The molecule has 3 fully saturated rings. The molecule has 6 atom stereocenters. The van der Waals surface area contributed by atoms with Crippen LogP contribution >= 0.6 is 0 Å². The molecule has 0 N–H and O–H groups in total. The summed E-state index contributed by atoms with van der Waals surface area (Å²) in [6.07, 6.45) is 4.35. The van der Waals surface area contributed by atoms with E-state index in [1.807, 2.05) is 0 Å². The topological polar surface area (TPSA) is 3.24 Å². The van der Waals surface area contributed by atoms with Crippen molar-refractivity contribution >= 4 is 0 Å². The smallest absolute Gasteiger partial charge is 0.0134 e. The SMILES string of the molecule is Cc1ccc(C2CC3C4CCN3C(C4)C2C)cc1C. The van der Waals surface area contributed by atoms with Gasteiger partial charge in [0, 0.05) is 12.1 Å². The maximum Gasteiger partial charge on any atom is 0.0134 e. The molecule has 0 radical (unpaired) electrons. The third kappa shape index (κ3) is 1.64. The van der Waals surface area contributed by atoms with Crippen molar-refractivity contribution in [3.05, 3.63) is 34.9 Å². The first-order chi connectivity index (χ1) is 9.15. The Bertz CT molecular complexity index is 506. The van der Waals surface area contributed by atoms with Crippen LogP contribution in [0.5, 0.6) is 0 Å². The second-order valence-electron chi connectivity index (χ2n) is 7.20. The van der Waals surface area contributed by atoms with Gasteiger partial charge >= 0.3 is 0 Å². The minimum absolute atomic E-state index is 0.800. The molecule has 1 heteroatoms. The average Bonchev–Trinajstić information content (AvgIpc) is 2.92. The third-order valence-electron chi connectivity index (χ3n) is 6.39. The highest BCUT2D eigenvalue weighted by Crippen LogP contribution is 2.53. The molecule has 3 aliphatic heterocycles. The summed E-state index contributed by atoms with van der Waals surface area (Å²) < 4.78 is 0. The molecule has 0 amide bonds. The van der Waals surface area contributed by atoms with Crippen LogP contribution in [0.2, 0.25) is 0 Å². The van der Waals surface area contributed by atoms with Crippen LogP contribution in [0.4, 0.5) is 0 Å². The van der Waals surface area contributed by atoms with Crippen molar-refractivity contribution in [2.45, 2.75) is 58.0 Å². The molecule has 19 heavy (non-hydrogen) atoms. The minimum atomic E-state index is 0.800. The van der Waals surface area contributed by atoms with Crippen molar-refractivity contribution < 1.29 is 0 Å². The number of benzene rings is 1. The summed E-state index contributed by atoms with van der Waals surface area (Å²) >= 11 is 0. The van der Waals surface area contributed by atoms with Crippen LogP contribution in [0, 0.1) is 25.7 Å². The highest BCUT2D eigenvalue weighted by atomic mass is 15.3. The monoisotopic (exact) mass is 255 g/mol. The lowest BCUT2D eigenvalue weighted by Gasteiger charge is -2.42. The molecule has 1 aromatic rings. The van der Waals surface area contributed by atoms with Crippen molar-refractivity contribution in [1.29, 1.82) is 0 Å². The molecular formula is C18H25N. The zero-order valence-corrected chi connectivity index (χ0v) is 12.4. The molecule has 0 spiro atoms. The highest BCUT2D eigenvalue weighted by Gasteiger charge is 2.53. The predicted octanol–water partition coefficient (Wildman–Crippen LogP) is 3.89. The lowest BCUT2D eigenvalue weighted by atomic mass is 9.77. The number of rotatable bonds is 1. The van der Waals surface area contributed by atoms with Crippen molar-refractivity contribution in [1.82, 2.24) is 4.90 Å². The quantitative estimate of drug-likeness (QED) is 0.736. The van der Waals surface area contributed by atoms with Crippen LogP contribution in [0.1, 0.15) is 48.8 Å². The van der Waals surface area contributed by atoms with E-state index in [-0.39, 0.29) is 0 Å². The maximum absolute atomic E-state index is 2.84. The van der Waals surface area contributed by atoms with Gasteiger partial charge in [-0.05, 0) is 74.1 Å². The van der Waals surface area contributed by atoms with Gasteiger partial charge in [0.25, 0.3) is 0 Å². The second kappa shape index (κ2) is 4.09. The number of aryl methyl sites for hydroxylation is 2. The fourth-order valence-electron chi connectivity index (χ4n) is 5.10. The molecule has 3 saturated heterocycles. The number of hydrogen-bond donors (Lipinski definition) is 0. The third-order valence-corrected chi connectivity index (χ3v) is 6.39. The van der Waals surface area contributed by atoms with Gasteiger partial charge in [0.1, 0.15) is 0 Å². The van der Waals surface area contributed by atoms with Crippen LogP contribution in [-0.2, 0) is 0 Å². The van der Waals surface area contributed by atoms with Crippen molar-refractivity contribution in [3.8, 4) is 0 Å². The summed E-state index contributed by atoms with van der Waals surface area (Å²) in [5.41, 5.74) is 4.50. The summed E-state index contributed by atoms with van der Waals surface area (Å²) in [6.45, 7) is 8.36. The Morgan fingerprint density at radius 1 is 1.05 bits per heavy atom. The molecule has 0 aliphatic carbocycles. The van der Waals surface area contributed by atoms with Crippen molar-refractivity contribution in [2.24, 2.45) is 11.8 Å². The Hall–Kier alpha value is -0.820. The van der Waals surface area contributed by atoms with Gasteiger partial charge in [-0.15, -0.1) is 0 Å². The van der Waals surface area contributed by atoms with Gasteiger partial charge in [0.15, 0.2) is 0 Å². The van der Waals surface area contributed by atoms with Crippen LogP contribution < -0.4 is 0 Å². The molecule has 0 saturated carbocycles. The lowest BCUT2D eigenvalue weighted by molar-refractivity contribution is 0.0990. The van der Waals surface area contributed by atoms with Gasteiger partial charge in [-0.3, -0.25) is 4.90 Å². The first-order valence-electron chi connectivity index (χ1n) is 7.98. The predicted molar refractivity (Wildman–Crippen MR) is 79.4 cm³/mol. The Morgan fingerprint density at radius 2 is 1.89 bits per heavy atom. The number of nitrogens with zero attached hydrogens (tertiary/aromatic N) is 1. The van der Waals surface area contributed by atoms with Crippen LogP contribution in [-0.4, -0.2) is 23.5 Å². The molecule has 1 aromatic carbocycles. The summed E-state index contributed by atoms with van der Waals surface area (Å²) in [5.74, 6) is 2.65. The second-order valence-corrected chi connectivity index (χ2v) is 7.20. The molecule has 102 valence electrons. The van der Waals surface area contributed by atoms with E-state index in [1.165, 1.54) is 36.9 Å². The standard InChI is InChI=1S/C18H25N/c1-11-4-5-14(8-12(11)2)16-10-18-15-6-7-19(18)17(9-15)13(16)3/h4-5,8,13,15-18H,6-7,9-10H2,1-3H3. The zero-order chi connectivity index (χ0) is 13.1. The van der Waals surface area contributed by atoms with E-state index in [2.05, 4.69) is 43.9 Å². The fraction of sp³-hybridized carbons (Fsp3) is 0.667. The van der Waals surface area contributed by atoms with Crippen molar-refractivity contribution in [2.75, 3.05) is 6.54 Å². The summed E-state index contributed by atoms with van der Waals surface area (Å²) in [7, 11) is 0. The first kappa shape index (κ1) is 12.0. The van der Waals surface area contributed by atoms with E-state index < -0.39 is 0 Å². The highest BCUT2D eigenvalue weighted by molar-refractivity contribution is 5.33.